The van der Waals surface area contributed by atoms with Gasteiger partial charge in [0.15, 0.2) is 0 Å². The van der Waals surface area contributed by atoms with E-state index in [9.17, 15) is 8.42 Å². The van der Waals surface area contributed by atoms with Gasteiger partial charge in [-0.3, -0.25) is 0 Å². The Morgan fingerprint density at radius 3 is 2.53 bits per heavy atom. The van der Waals surface area contributed by atoms with E-state index in [1.807, 2.05) is 0 Å². The van der Waals surface area contributed by atoms with Gasteiger partial charge < -0.3 is 4.42 Å². The van der Waals surface area contributed by atoms with E-state index in [0.29, 0.717) is 17.0 Å². The van der Waals surface area contributed by atoms with Crippen LogP contribution < -0.4 is 0 Å². The largest absolute Gasteiger partial charge is 0.444 e. The van der Waals surface area contributed by atoms with Gasteiger partial charge in [0.25, 0.3) is 9.05 Å². The first-order valence-corrected chi connectivity index (χ1v) is 7.16. The summed E-state index contributed by atoms with van der Waals surface area (Å²) in [6, 6.07) is 4.87. The number of aryl methyl sites for hydroxylation is 2. The molecule has 0 bridgehead atoms. The minimum absolute atomic E-state index is 0.0764. The van der Waals surface area contributed by atoms with Crippen LogP contribution in [0.3, 0.4) is 0 Å². The Balaban J connectivity index is 2.59. The number of nitrogens with zero attached hydrogens (tertiary/aromatic N) is 1. The molecule has 2 aromatic rings. The second kappa shape index (κ2) is 4.16. The van der Waals surface area contributed by atoms with Gasteiger partial charge in [-0.05, 0) is 31.5 Å². The van der Waals surface area contributed by atoms with Crippen molar-refractivity contribution in [3.05, 3.63) is 35.7 Å². The standard InChI is InChI=1S/C11H10ClNO3S/c1-7-3-4-9(5-10(7)17(12,14)15)11-13-8(2)6-16-11/h3-6H,1-2H3. The van der Waals surface area contributed by atoms with E-state index >= 15 is 0 Å². The van der Waals surface area contributed by atoms with Crippen LogP contribution in [0.15, 0.2) is 33.8 Å². The number of aromatic nitrogens is 1. The second-order valence-corrected chi connectivity index (χ2v) is 6.25. The molecule has 0 N–H and O–H groups in total. The maximum absolute atomic E-state index is 11.4. The monoisotopic (exact) mass is 271 g/mol. The van der Waals surface area contributed by atoms with Gasteiger partial charge >= 0.3 is 0 Å². The summed E-state index contributed by atoms with van der Waals surface area (Å²) in [6.07, 6.45) is 1.50. The van der Waals surface area contributed by atoms with E-state index in [4.69, 9.17) is 15.1 Å². The van der Waals surface area contributed by atoms with Gasteiger partial charge in [-0.15, -0.1) is 0 Å². The molecule has 0 spiro atoms. The predicted octanol–water partition coefficient (Wildman–Crippen LogP) is 2.89. The first kappa shape index (κ1) is 12.1. The molecule has 0 saturated carbocycles. The highest BCUT2D eigenvalue weighted by Crippen LogP contribution is 2.26. The van der Waals surface area contributed by atoms with Crippen molar-refractivity contribution in [1.29, 1.82) is 0 Å². The smallest absolute Gasteiger partial charge is 0.261 e. The lowest BCUT2D eigenvalue weighted by Crippen LogP contribution is -1.95. The fourth-order valence-electron chi connectivity index (χ4n) is 1.48. The van der Waals surface area contributed by atoms with Crippen LogP contribution in [0.25, 0.3) is 11.5 Å². The van der Waals surface area contributed by atoms with Gasteiger partial charge in [-0.1, -0.05) is 6.07 Å². The highest BCUT2D eigenvalue weighted by molar-refractivity contribution is 8.13. The summed E-state index contributed by atoms with van der Waals surface area (Å²) in [5, 5.41) is 0. The van der Waals surface area contributed by atoms with Gasteiger partial charge in [0.2, 0.25) is 5.89 Å². The quantitative estimate of drug-likeness (QED) is 0.788. The molecule has 1 aromatic heterocycles. The summed E-state index contributed by atoms with van der Waals surface area (Å²) in [6.45, 7) is 3.47. The molecule has 0 atom stereocenters. The van der Waals surface area contributed by atoms with Crippen LogP contribution in [0.4, 0.5) is 0 Å². The molecule has 0 radical (unpaired) electrons. The second-order valence-electron chi connectivity index (χ2n) is 3.71. The molecule has 0 aliphatic carbocycles. The highest BCUT2D eigenvalue weighted by atomic mass is 35.7. The van der Waals surface area contributed by atoms with Crippen molar-refractivity contribution < 1.29 is 12.8 Å². The first-order chi connectivity index (χ1) is 7.88. The van der Waals surface area contributed by atoms with Crippen molar-refractivity contribution in [1.82, 2.24) is 4.98 Å². The summed E-state index contributed by atoms with van der Waals surface area (Å²) in [7, 11) is 1.60. The molecule has 1 heterocycles. The zero-order valence-corrected chi connectivity index (χ0v) is 10.8. The molecule has 1 aromatic carbocycles. The minimum Gasteiger partial charge on any atom is -0.444 e. The normalized spacial score (nSPS) is 11.7. The third kappa shape index (κ3) is 2.50. The number of hydrogen-bond donors (Lipinski definition) is 0. The molecule has 0 unspecified atom stereocenters. The van der Waals surface area contributed by atoms with Gasteiger partial charge in [0.05, 0.1) is 10.6 Å². The van der Waals surface area contributed by atoms with Gasteiger partial charge in [-0.2, -0.15) is 0 Å². The van der Waals surface area contributed by atoms with Crippen molar-refractivity contribution in [2.75, 3.05) is 0 Å². The van der Waals surface area contributed by atoms with Gasteiger partial charge in [-0.25, -0.2) is 13.4 Å². The van der Waals surface area contributed by atoms with Crippen molar-refractivity contribution in [2.45, 2.75) is 18.7 Å². The van der Waals surface area contributed by atoms with E-state index in [1.165, 1.54) is 12.3 Å². The Bertz CT molecular complexity index is 661. The van der Waals surface area contributed by atoms with Gasteiger partial charge in [0.1, 0.15) is 6.26 Å². The average molecular weight is 272 g/mol. The zero-order chi connectivity index (χ0) is 12.6. The molecular weight excluding hydrogens is 262 g/mol. The van der Waals surface area contributed by atoms with Crippen LogP contribution in [-0.2, 0) is 9.05 Å². The Kier molecular flexibility index (Phi) is 2.97. The molecule has 6 heteroatoms. The average Bonchev–Trinajstić information content (AvgIpc) is 2.64. The molecule has 90 valence electrons. The summed E-state index contributed by atoms with van der Waals surface area (Å²) in [5.74, 6) is 0.379. The number of hydrogen-bond acceptors (Lipinski definition) is 4. The maximum Gasteiger partial charge on any atom is 0.261 e. The Labute approximate surface area is 104 Å². The Morgan fingerprint density at radius 2 is 2.00 bits per heavy atom. The molecule has 0 fully saturated rings. The molecule has 0 amide bonds. The predicted molar refractivity (Wildman–Crippen MR) is 64.5 cm³/mol. The topological polar surface area (TPSA) is 60.2 Å². The SMILES string of the molecule is Cc1coc(-c2ccc(C)c(S(=O)(=O)Cl)c2)n1. The number of benzene rings is 1. The Hall–Kier alpha value is -1.33. The zero-order valence-electron chi connectivity index (χ0n) is 9.27. The van der Waals surface area contributed by atoms with Crippen molar-refractivity contribution in [2.24, 2.45) is 0 Å². The van der Waals surface area contributed by atoms with Crippen LogP contribution in [-0.4, -0.2) is 13.4 Å². The molecule has 0 aliphatic rings. The van der Waals surface area contributed by atoms with Crippen molar-refractivity contribution in [3.63, 3.8) is 0 Å². The summed E-state index contributed by atoms with van der Waals surface area (Å²) >= 11 is 0. The van der Waals surface area contributed by atoms with E-state index in [2.05, 4.69) is 4.98 Å². The van der Waals surface area contributed by atoms with Crippen molar-refractivity contribution >= 4 is 19.7 Å². The molecule has 2 rings (SSSR count). The molecule has 0 saturated heterocycles. The molecule has 4 nitrogen and oxygen atoms in total. The number of rotatable bonds is 2. The fourth-order valence-corrected chi connectivity index (χ4v) is 2.70. The lowest BCUT2D eigenvalue weighted by Gasteiger charge is -2.03. The van der Waals surface area contributed by atoms with Crippen LogP contribution in [0.1, 0.15) is 11.3 Å². The van der Waals surface area contributed by atoms with Crippen molar-refractivity contribution in [3.8, 4) is 11.5 Å². The van der Waals surface area contributed by atoms with E-state index in [0.717, 1.165) is 5.69 Å². The van der Waals surface area contributed by atoms with Crippen LogP contribution in [0.2, 0.25) is 0 Å². The number of halogens is 1. The number of oxazole rings is 1. The molecule has 0 aliphatic heterocycles. The van der Waals surface area contributed by atoms with Crippen LogP contribution >= 0.6 is 10.7 Å². The van der Waals surface area contributed by atoms with Crippen LogP contribution in [0.5, 0.6) is 0 Å². The lowest BCUT2D eigenvalue weighted by atomic mass is 10.1. The summed E-state index contributed by atoms with van der Waals surface area (Å²) in [4.78, 5) is 4.21. The van der Waals surface area contributed by atoms with Crippen LogP contribution in [0, 0.1) is 13.8 Å². The summed E-state index contributed by atoms with van der Waals surface area (Å²) in [5.41, 5.74) is 1.91. The third-order valence-corrected chi connectivity index (χ3v) is 3.78. The van der Waals surface area contributed by atoms with Gasteiger partial charge in [0, 0.05) is 16.2 Å². The minimum atomic E-state index is -3.75. The highest BCUT2D eigenvalue weighted by Gasteiger charge is 2.16. The van der Waals surface area contributed by atoms with E-state index in [1.54, 1.807) is 26.0 Å². The molecular formula is C11H10ClNO3S. The lowest BCUT2D eigenvalue weighted by molar-refractivity contribution is 0.573. The van der Waals surface area contributed by atoms with E-state index < -0.39 is 9.05 Å². The third-order valence-electron chi connectivity index (χ3n) is 2.32. The fraction of sp³-hybridized carbons (Fsp3) is 0.182. The maximum atomic E-state index is 11.4. The summed E-state index contributed by atoms with van der Waals surface area (Å²) < 4.78 is 27.9. The Morgan fingerprint density at radius 1 is 1.29 bits per heavy atom. The molecule has 17 heavy (non-hydrogen) atoms. The van der Waals surface area contributed by atoms with E-state index in [-0.39, 0.29) is 4.90 Å². The first-order valence-electron chi connectivity index (χ1n) is 4.86.